The maximum atomic E-state index is 13.3. The first-order valence-corrected chi connectivity index (χ1v) is 10.3. The Kier molecular flexibility index (Phi) is 8.46. The zero-order valence-electron chi connectivity index (χ0n) is 15.6. The first-order valence-electron chi connectivity index (χ1n) is 8.92. The van der Waals surface area contributed by atoms with Gasteiger partial charge in [0.15, 0.2) is 10.1 Å². The van der Waals surface area contributed by atoms with Gasteiger partial charge in [0.05, 0.1) is 18.8 Å². The van der Waals surface area contributed by atoms with E-state index < -0.39 is 52.5 Å². The molecule has 0 aromatic heterocycles. The van der Waals surface area contributed by atoms with Crippen molar-refractivity contribution in [2.45, 2.75) is 75.1 Å². The molecule has 0 bridgehead atoms. The van der Waals surface area contributed by atoms with E-state index in [2.05, 4.69) is 6.58 Å². The molecule has 0 spiro atoms. The maximum Gasteiger partial charge on any atom is 0.396 e. The fraction of sp³-hybridized carbons (Fsp3) is 0.824. The normalized spacial score (nSPS) is 18.8. The van der Waals surface area contributed by atoms with E-state index >= 15 is 0 Å². The Labute approximate surface area is 162 Å². The van der Waals surface area contributed by atoms with E-state index in [1.54, 1.807) is 6.92 Å². The van der Waals surface area contributed by atoms with Gasteiger partial charge < -0.3 is 14.0 Å². The molecular formula is C17H25F4O6S-. The zero-order chi connectivity index (χ0) is 21.6. The van der Waals surface area contributed by atoms with Crippen molar-refractivity contribution in [3.8, 4) is 0 Å². The predicted molar refractivity (Wildman–Crippen MR) is 91.0 cm³/mol. The highest BCUT2D eigenvalue weighted by atomic mass is 32.2. The molecule has 28 heavy (non-hydrogen) atoms. The molecule has 0 aromatic rings. The number of esters is 1. The molecule has 11 heteroatoms. The van der Waals surface area contributed by atoms with Crippen molar-refractivity contribution in [1.82, 2.24) is 0 Å². The highest BCUT2D eigenvalue weighted by Crippen LogP contribution is 2.40. The van der Waals surface area contributed by atoms with Crippen molar-refractivity contribution in [1.29, 1.82) is 0 Å². The molecule has 1 fully saturated rings. The smallest absolute Gasteiger partial charge is 0.396 e. The van der Waals surface area contributed by atoms with Crippen LogP contribution in [0.3, 0.4) is 0 Å². The number of hydrogen-bond acceptors (Lipinski definition) is 6. The van der Waals surface area contributed by atoms with Gasteiger partial charge in [-0.05, 0) is 32.6 Å². The summed E-state index contributed by atoms with van der Waals surface area (Å²) in [4.78, 5) is 12.1. The van der Waals surface area contributed by atoms with Crippen LogP contribution in [0.2, 0.25) is 0 Å². The van der Waals surface area contributed by atoms with Crippen LogP contribution in [0, 0.1) is 0 Å². The van der Waals surface area contributed by atoms with Crippen LogP contribution in [0.5, 0.6) is 0 Å². The minimum atomic E-state index is -6.54. The lowest BCUT2D eigenvalue weighted by atomic mass is 9.88. The first-order chi connectivity index (χ1) is 12.7. The van der Waals surface area contributed by atoms with Gasteiger partial charge in [-0.1, -0.05) is 25.8 Å². The van der Waals surface area contributed by atoms with Crippen molar-refractivity contribution < 1.29 is 44.8 Å². The van der Waals surface area contributed by atoms with E-state index in [-0.39, 0.29) is 5.57 Å². The van der Waals surface area contributed by atoms with Crippen LogP contribution in [0.1, 0.15) is 58.3 Å². The van der Waals surface area contributed by atoms with E-state index in [1.807, 2.05) is 0 Å². The average molecular weight is 433 g/mol. The number of halogens is 4. The summed E-state index contributed by atoms with van der Waals surface area (Å²) < 4.78 is 93.6. The standard InChI is InChI=1S/C17H26F4O6S/c1-13(14(22)27-15(2)8-6-4-3-5-7-9-15)12-26-11-10-16(18,19)17(20,21)28(23,24)25/h1,3-12H2,2H3,(H,23,24,25)/p-1. The van der Waals surface area contributed by atoms with Crippen molar-refractivity contribution in [3.63, 3.8) is 0 Å². The second kappa shape index (κ2) is 9.53. The highest BCUT2D eigenvalue weighted by Gasteiger charge is 2.61. The molecular weight excluding hydrogens is 408 g/mol. The molecule has 0 saturated heterocycles. The Hall–Kier alpha value is -1.20. The number of carbonyl (C=O) groups excluding carboxylic acids is 1. The Balaban J connectivity index is 2.48. The van der Waals surface area contributed by atoms with Gasteiger partial charge in [0.25, 0.3) is 0 Å². The molecule has 0 unspecified atom stereocenters. The lowest BCUT2D eigenvalue weighted by Gasteiger charge is -2.31. The molecule has 1 aliphatic rings. The molecule has 6 nitrogen and oxygen atoms in total. The molecule has 0 amide bonds. The third-order valence-corrected chi connectivity index (χ3v) is 5.54. The summed E-state index contributed by atoms with van der Waals surface area (Å²) in [5, 5.41) is -5.76. The molecule has 0 radical (unpaired) electrons. The van der Waals surface area contributed by atoms with Crippen LogP contribution in [0.4, 0.5) is 17.6 Å². The lowest BCUT2D eigenvalue weighted by Crippen LogP contribution is -2.47. The molecule has 1 rings (SSSR count). The van der Waals surface area contributed by atoms with Gasteiger partial charge in [0.2, 0.25) is 0 Å². The summed E-state index contributed by atoms with van der Waals surface area (Å²) in [5.74, 6) is -5.89. The van der Waals surface area contributed by atoms with Crippen LogP contribution < -0.4 is 0 Å². The molecule has 0 atom stereocenters. The van der Waals surface area contributed by atoms with Gasteiger partial charge in [-0.25, -0.2) is 13.2 Å². The summed E-state index contributed by atoms with van der Waals surface area (Å²) in [6.07, 6.45) is 4.64. The highest BCUT2D eigenvalue weighted by molar-refractivity contribution is 7.86. The molecule has 0 aliphatic heterocycles. The van der Waals surface area contributed by atoms with Crippen LogP contribution in [0.25, 0.3) is 0 Å². The molecule has 0 heterocycles. The van der Waals surface area contributed by atoms with Crippen LogP contribution >= 0.6 is 0 Å². The predicted octanol–water partition coefficient (Wildman–Crippen LogP) is 3.77. The van der Waals surface area contributed by atoms with Crippen LogP contribution in [-0.4, -0.2) is 48.9 Å². The zero-order valence-corrected chi connectivity index (χ0v) is 16.5. The Morgan fingerprint density at radius 2 is 1.61 bits per heavy atom. The quantitative estimate of drug-likeness (QED) is 0.181. The Bertz CT molecular complexity index is 655. The molecule has 0 aromatic carbocycles. The minimum absolute atomic E-state index is 0.185. The van der Waals surface area contributed by atoms with Crippen LogP contribution in [0.15, 0.2) is 12.2 Å². The van der Waals surface area contributed by atoms with Crippen molar-refractivity contribution in [2.24, 2.45) is 0 Å². The Morgan fingerprint density at radius 1 is 1.11 bits per heavy atom. The third-order valence-electron chi connectivity index (χ3n) is 4.62. The van der Waals surface area contributed by atoms with Crippen molar-refractivity contribution in [3.05, 3.63) is 12.2 Å². The first kappa shape index (κ1) is 24.8. The summed E-state index contributed by atoms with van der Waals surface area (Å²) in [6, 6.07) is 0. The average Bonchev–Trinajstić information content (AvgIpc) is 2.54. The van der Waals surface area contributed by atoms with E-state index in [0.717, 1.165) is 32.1 Å². The second-order valence-electron chi connectivity index (χ2n) is 7.19. The molecule has 1 saturated carbocycles. The number of ether oxygens (including phenoxy) is 2. The Morgan fingerprint density at radius 3 is 2.11 bits per heavy atom. The number of hydrogen-bond donors (Lipinski definition) is 0. The number of carbonyl (C=O) groups is 1. The summed E-state index contributed by atoms with van der Waals surface area (Å²) in [7, 11) is -6.54. The van der Waals surface area contributed by atoms with Gasteiger partial charge in [0.1, 0.15) is 5.60 Å². The summed E-state index contributed by atoms with van der Waals surface area (Å²) in [6.45, 7) is 3.67. The fourth-order valence-electron chi connectivity index (χ4n) is 2.83. The van der Waals surface area contributed by atoms with Crippen LogP contribution in [-0.2, 0) is 24.4 Å². The monoisotopic (exact) mass is 433 g/mol. The lowest BCUT2D eigenvalue weighted by molar-refractivity contribution is -0.171. The van der Waals surface area contributed by atoms with Gasteiger partial charge in [-0.2, -0.15) is 17.6 Å². The summed E-state index contributed by atoms with van der Waals surface area (Å²) in [5.41, 5.74) is -0.854. The second-order valence-corrected chi connectivity index (χ2v) is 8.61. The number of alkyl halides is 4. The topological polar surface area (TPSA) is 92.7 Å². The summed E-state index contributed by atoms with van der Waals surface area (Å²) >= 11 is 0. The largest absolute Gasteiger partial charge is 0.743 e. The van der Waals surface area contributed by atoms with E-state index in [0.29, 0.717) is 12.8 Å². The molecule has 0 N–H and O–H groups in total. The van der Waals surface area contributed by atoms with Crippen molar-refractivity contribution >= 4 is 16.1 Å². The third kappa shape index (κ3) is 6.70. The van der Waals surface area contributed by atoms with E-state index in [9.17, 15) is 35.3 Å². The van der Waals surface area contributed by atoms with Crippen molar-refractivity contribution in [2.75, 3.05) is 13.2 Å². The van der Waals surface area contributed by atoms with Gasteiger partial charge >= 0.3 is 17.1 Å². The van der Waals surface area contributed by atoms with E-state index in [1.165, 1.54) is 0 Å². The SMILES string of the molecule is C=C(COCCC(F)(F)C(F)(F)S(=O)(=O)[O-])C(=O)OC1(C)CCCCCCC1. The van der Waals surface area contributed by atoms with Gasteiger partial charge in [0, 0.05) is 6.42 Å². The maximum absolute atomic E-state index is 13.3. The van der Waals surface area contributed by atoms with Gasteiger partial charge in [-0.15, -0.1) is 0 Å². The number of rotatable bonds is 9. The molecule has 164 valence electrons. The minimum Gasteiger partial charge on any atom is -0.743 e. The molecule has 1 aliphatic carbocycles. The fourth-order valence-corrected chi connectivity index (χ4v) is 3.30. The van der Waals surface area contributed by atoms with Gasteiger partial charge in [-0.3, -0.25) is 0 Å². The van der Waals surface area contributed by atoms with E-state index in [4.69, 9.17) is 9.47 Å².